The standard InChI is InChI=1S/C54H60FN7O8/c1-32-16-18-39-38(13-10-28-68-43-14-8-11-35-29-36(55)17-19-37(35)43)50(53(67)70-54(4,5)6)61(49(39)47(32)48-33(2)57-58(7)34(48)3)27-24-59-22-25-60(26-23-59)46(64)31-69-44-15-9-12-40-41(44)30-62(52(40)66)42-20-21-45(63)56-51(42)65/h8-9,11-12,14-19,29,42H,10,13,20-28,30-31H2,1-7H3,(H,56,63,65). The van der Waals surface area contributed by atoms with E-state index in [0.29, 0.717) is 87.0 Å². The summed E-state index contributed by atoms with van der Waals surface area (Å²) in [5, 5.41) is 9.66. The molecule has 1 atom stereocenters. The van der Waals surface area contributed by atoms with Crippen LogP contribution in [-0.2, 0) is 45.7 Å². The molecule has 0 aliphatic carbocycles. The Morgan fingerprint density at radius 2 is 1.61 bits per heavy atom. The number of imide groups is 1. The lowest BCUT2D eigenvalue weighted by Gasteiger charge is -2.35. The van der Waals surface area contributed by atoms with Crippen LogP contribution in [0.1, 0.15) is 89.0 Å². The highest BCUT2D eigenvalue weighted by Crippen LogP contribution is 2.41. The molecular formula is C54H60FN7O8. The highest BCUT2D eigenvalue weighted by Gasteiger charge is 2.40. The van der Waals surface area contributed by atoms with E-state index in [1.54, 1.807) is 29.2 Å². The van der Waals surface area contributed by atoms with Crippen LogP contribution in [0.3, 0.4) is 0 Å². The number of aromatic nitrogens is 3. The van der Waals surface area contributed by atoms with E-state index in [0.717, 1.165) is 55.3 Å². The number of benzene rings is 4. The van der Waals surface area contributed by atoms with Crippen molar-refractivity contribution in [2.45, 2.75) is 92.0 Å². The van der Waals surface area contributed by atoms with Crippen molar-refractivity contribution >= 4 is 51.3 Å². The molecule has 0 saturated carbocycles. The van der Waals surface area contributed by atoms with Gasteiger partial charge in [0.15, 0.2) is 6.61 Å². The highest BCUT2D eigenvalue weighted by atomic mass is 19.1. The van der Waals surface area contributed by atoms with Crippen molar-refractivity contribution in [1.29, 1.82) is 0 Å². The lowest BCUT2D eigenvalue weighted by atomic mass is 9.94. The molecule has 15 nitrogen and oxygen atoms in total. The molecule has 70 heavy (non-hydrogen) atoms. The van der Waals surface area contributed by atoms with Gasteiger partial charge in [0.1, 0.15) is 34.7 Å². The fraction of sp³-hybridized carbons (Fsp3) is 0.407. The molecular weight excluding hydrogens is 894 g/mol. The van der Waals surface area contributed by atoms with Crippen molar-refractivity contribution in [1.82, 2.24) is 34.4 Å². The molecule has 2 fully saturated rings. The maximum atomic E-state index is 14.7. The van der Waals surface area contributed by atoms with Crippen molar-refractivity contribution in [3.8, 4) is 22.6 Å². The van der Waals surface area contributed by atoms with Gasteiger partial charge < -0.3 is 28.6 Å². The number of esters is 1. The molecule has 3 aliphatic rings. The summed E-state index contributed by atoms with van der Waals surface area (Å²) in [5.74, 6) is -0.977. The van der Waals surface area contributed by atoms with Crippen LogP contribution in [0.2, 0.25) is 0 Å². The zero-order valence-electron chi connectivity index (χ0n) is 40.9. The fourth-order valence-electron chi connectivity index (χ4n) is 10.3. The van der Waals surface area contributed by atoms with Gasteiger partial charge in [-0.2, -0.15) is 5.10 Å². The molecule has 4 amide bonds. The average Bonchev–Trinajstić information content (AvgIpc) is 3.91. The third-order valence-electron chi connectivity index (χ3n) is 13.8. The Bertz CT molecular complexity index is 3070. The number of aryl methyl sites for hydroxylation is 4. The normalized spacial score (nSPS) is 16.6. The molecule has 0 bridgehead atoms. The van der Waals surface area contributed by atoms with Gasteiger partial charge in [-0.05, 0) is 114 Å². The van der Waals surface area contributed by atoms with Gasteiger partial charge in [0.25, 0.3) is 11.8 Å². The van der Waals surface area contributed by atoms with Crippen LogP contribution in [0.5, 0.6) is 11.5 Å². The summed E-state index contributed by atoms with van der Waals surface area (Å²) in [6.07, 6.45) is 1.52. The molecule has 4 aromatic carbocycles. The monoisotopic (exact) mass is 953 g/mol. The molecule has 2 aromatic heterocycles. The van der Waals surface area contributed by atoms with E-state index in [1.165, 1.54) is 17.0 Å². The highest BCUT2D eigenvalue weighted by molar-refractivity contribution is 6.07. The van der Waals surface area contributed by atoms with E-state index in [2.05, 4.69) is 40.8 Å². The molecule has 2 saturated heterocycles. The number of amides is 4. The molecule has 0 spiro atoms. The first-order valence-corrected chi connectivity index (χ1v) is 24.1. The second-order valence-corrected chi connectivity index (χ2v) is 19.6. The number of rotatable bonds is 14. The quantitative estimate of drug-likeness (QED) is 0.0673. The van der Waals surface area contributed by atoms with Gasteiger partial charge in [0.2, 0.25) is 11.8 Å². The molecule has 1 N–H and O–H groups in total. The smallest absolute Gasteiger partial charge is 0.355 e. The maximum absolute atomic E-state index is 14.7. The first-order valence-electron chi connectivity index (χ1n) is 24.1. The summed E-state index contributed by atoms with van der Waals surface area (Å²) in [5.41, 5.74) is 7.56. The van der Waals surface area contributed by atoms with Crippen LogP contribution < -0.4 is 14.8 Å². The minimum atomic E-state index is -0.761. The number of carbonyl (C=O) groups is 5. The summed E-state index contributed by atoms with van der Waals surface area (Å²) in [6, 6.07) is 18.8. The van der Waals surface area contributed by atoms with Crippen LogP contribution in [0, 0.1) is 26.6 Å². The number of nitrogens with one attached hydrogen (secondary N) is 1. The minimum absolute atomic E-state index is 0.143. The van der Waals surface area contributed by atoms with Gasteiger partial charge in [0, 0.05) is 91.5 Å². The zero-order valence-corrected chi connectivity index (χ0v) is 40.9. The summed E-state index contributed by atoms with van der Waals surface area (Å²) < 4.78 is 36.7. The third kappa shape index (κ3) is 9.48. The Kier molecular flexibility index (Phi) is 13.3. The summed E-state index contributed by atoms with van der Waals surface area (Å²) in [6.45, 7) is 15.3. The Morgan fingerprint density at radius 3 is 2.34 bits per heavy atom. The van der Waals surface area contributed by atoms with E-state index >= 15 is 0 Å². The predicted octanol–water partition coefficient (Wildman–Crippen LogP) is 7.21. The lowest BCUT2D eigenvalue weighted by molar-refractivity contribution is -0.137. The van der Waals surface area contributed by atoms with Crippen molar-refractivity contribution < 1.29 is 42.6 Å². The minimum Gasteiger partial charge on any atom is -0.493 e. The van der Waals surface area contributed by atoms with Crippen LogP contribution in [0.15, 0.2) is 66.7 Å². The summed E-state index contributed by atoms with van der Waals surface area (Å²) in [4.78, 5) is 71.6. The van der Waals surface area contributed by atoms with Gasteiger partial charge in [0.05, 0.1) is 24.4 Å². The molecule has 366 valence electrons. The molecule has 5 heterocycles. The van der Waals surface area contributed by atoms with E-state index in [4.69, 9.17) is 19.3 Å². The third-order valence-corrected chi connectivity index (χ3v) is 13.8. The van der Waals surface area contributed by atoms with Crippen LogP contribution in [0.4, 0.5) is 4.39 Å². The van der Waals surface area contributed by atoms with Gasteiger partial charge in [-0.25, -0.2) is 9.18 Å². The van der Waals surface area contributed by atoms with E-state index in [-0.39, 0.29) is 49.5 Å². The van der Waals surface area contributed by atoms with E-state index < -0.39 is 23.5 Å². The topological polar surface area (TPSA) is 158 Å². The van der Waals surface area contributed by atoms with E-state index in [1.807, 2.05) is 57.6 Å². The van der Waals surface area contributed by atoms with Crippen LogP contribution in [-0.4, -0.2) is 116 Å². The van der Waals surface area contributed by atoms with Crippen molar-refractivity contribution in [2.75, 3.05) is 45.9 Å². The Labute approximate surface area is 406 Å². The van der Waals surface area contributed by atoms with Crippen molar-refractivity contribution in [3.63, 3.8) is 0 Å². The molecule has 16 heteroatoms. The maximum Gasteiger partial charge on any atom is 0.355 e. The number of ether oxygens (including phenoxy) is 3. The average molecular weight is 954 g/mol. The Morgan fingerprint density at radius 1 is 0.871 bits per heavy atom. The number of hydrogen-bond donors (Lipinski definition) is 1. The van der Waals surface area contributed by atoms with Crippen molar-refractivity contribution in [2.24, 2.45) is 7.05 Å². The first-order chi connectivity index (χ1) is 33.5. The van der Waals surface area contributed by atoms with Gasteiger partial charge in [-0.3, -0.25) is 34.1 Å². The summed E-state index contributed by atoms with van der Waals surface area (Å²) in [7, 11) is 1.94. The molecule has 9 rings (SSSR count). The number of halogens is 1. The number of carbonyl (C=O) groups excluding carboxylic acids is 5. The van der Waals surface area contributed by atoms with Crippen molar-refractivity contribution in [3.05, 3.63) is 112 Å². The lowest BCUT2D eigenvalue weighted by Crippen LogP contribution is -2.52. The Balaban J connectivity index is 0.936. The van der Waals surface area contributed by atoms with Gasteiger partial charge in [-0.15, -0.1) is 0 Å². The van der Waals surface area contributed by atoms with Crippen LogP contribution in [0.25, 0.3) is 32.8 Å². The molecule has 3 aliphatic heterocycles. The second kappa shape index (κ2) is 19.4. The number of hydrogen-bond acceptors (Lipinski definition) is 10. The fourth-order valence-corrected chi connectivity index (χ4v) is 10.3. The number of fused-ring (bicyclic) bond motifs is 3. The van der Waals surface area contributed by atoms with Crippen LogP contribution >= 0.6 is 0 Å². The van der Waals surface area contributed by atoms with E-state index in [9.17, 15) is 28.4 Å². The summed E-state index contributed by atoms with van der Waals surface area (Å²) >= 11 is 0. The molecule has 6 aromatic rings. The largest absolute Gasteiger partial charge is 0.493 e. The zero-order chi connectivity index (χ0) is 49.6. The molecule has 0 radical (unpaired) electrons. The Hall–Kier alpha value is -7.07. The SMILES string of the molecule is Cc1ccc2c(CCCOc3cccc4cc(F)ccc34)c(C(=O)OC(C)(C)C)n(CCN3CCN(C(=O)COc4cccc5c4CN(C4CCC(=O)NC4=O)C5=O)CC3)c2c1-c1c(C)nn(C)c1C. The van der Waals surface area contributed by atoms with Gasteiger partial charge in [-0.1, -0.05) is 30.3 Å². The second-order valence-electron chi connectivity index (χ2n) is 19.6. The first kappa shape index (κ1) is 48.0. The predicted molar refractivity (Wildman–Crippen MR) is 262 cm³/mol. The number of piperidine rings is 1. The van der Waals surface area contributed by atoms with Gasteiger partial charge >= 0.3 is 5.97 Å². The molecule has 1 unspecified atom stereocenters. The number of nitrogens with zero attached hydrogens (tertiary/aromatic N) is 6. The number of piperazine rings is 1.